The fourth-order valence-corrected chi connectivity index (χ4v) is 9.28. The molecule has 1 aliphatic heterocycles. The number of carbonyl (C=O) groups is 1. The number of esters is 1. The average molecular weight is 731 g/mol. The van der Waals surface area contributed by atoms with Gasteiger partial charge in [-0.3, -0.25) is 19.2 Å². The Kier molecular flexibility index (Phi) is 10.4. The van der Waals surface area contributed by atoms with Gasteiger partial charge in [0, 0.05) is 23.1 Å². The number of benzene rings is 4. The molecule has 11 nitrogen and oxygen atoms in total. The Bertz CT molecular complexity index is 2190. The topological polar surface area (TPSA) is 149 Å². The number of nitro groups is 1. The predicted octanol–water partition coefficient (Wildman–Crippen LogP) is 7.37. The van der Waals surface area contributed by atoms with E-state index in [1.165, 1.54) is 31.6 Å². The smallest absolute Gasteiger partial charge is 0.310 e. The van der Waals surface area contributed by atoms with E-state index in [9.17, 15) is 28.4 Å². The highest BCUT2D eigenvalue weighted by Gasteiger charge is 2.33. The molecule has 1 aromatic heterocycles. The van der Waals surface area contributed by atoms with Crippen LogP contribution >= 0.6 is 11.8 Å². The number of nitrogens with zero attached hydrogens (tertiary/aromatic N) is 2. The third kappa shape index (κ3) is 7.75. The van der Waals surface area contributed by atoms with Crippen molar-refractivity contribution in [1.29, 1.82) is 0 Å². The maximum Gasteiger partial charge on any atom is 0.310 e. The van der Waals surface area contributed by atoms with Gasteiger partial charge in [0.2, 0.25) is 0 Å². The molecular weight excluding hydrogens is 693 g/mol. The maximum atomic E-state index is 14.4. The van der Waals surface area contributed by atoms with Crippen molar-refractivity contribution in [1.82, 2.24) is 0 Å². The molecular formula is C38H38N2O9S2. The fraction of sp³-hybridized carbons (Fsp3) is 0.289. The number of thioether (sulfide) groups is 1. The minimum Gasteiger partial charge on any atom is -0.491 e. The molecule has 13 heteroatoms. The third-order valence-electron chi connectivity index (χ3n) is 9.10. The van der Waals surface area contributed by atoms with E-state index >= 15 is 0 Å². The van der Waals surface area contributed by atoms with Crippen LogP contribution in [0.4, 0.5) is 11.4 Å². The number of hydrogen-bond acceptors (Lipinski definition) is 10. The standard InChI is InChI=1S/C38H38N2O9S2/c1-25-17-31(49-24-38(42)13-15-50-16-14-38)18-26(2)37(25)28-8-6-7-27(19-28)22-39(51(45,46)35-10-5-4-9-33(35)40(43)44)30-11-12-32-29(20-36(41)47-3)23-48-34(32)21-30/h4-12,17-19,21,23,42H,13-16,20,22,24H2,1-3H3. The molecule has 0 amide bonds. The number of para-hydroxylation sites is 1. The van der Waals surface area contributed by atoms with Gasteiger partial charge in [-0.25, -0.2) is 8.42 Å². The van der Waals surface area contributed by atoms with Crippen molar-refractivity contribution in [3.63, 3.8) is 0 Å². The van der Waals surface area contributed by atoms with Crippen molar-refractivity contribution in [3.05, 3.63) is 117 Å². The summed E-state index contributed by atoms with van der Waals surface area (Å²) in [4.78, 5) is 22.7. The van der Waals surface area contributed by atoms with Crippen LogP contribution in [0, 0.1) is 24.0 Å². The first-order valence-corrected chi connectivity index (χ1v) is 18.9. The van der Waals surface area contributed by atoms with Crippen LogP contribution in [-0.2, 0) is 32.5 Å². The summed E-state index contributed by atoms with van der Waals surface area (Å²) in [6.07, 6.45) is 2.78. The van der Waals surface area contributed by atoms with Crippen LogP contribution in [0.5, 0.6) is 5.75 Å². The van der Waals surface area contributed by atoms with Gasteiger partial charge >= 0.3 is 5.97 Å². The number of aliphatic hydroxyl groups is 1. The Hall–Kier alpha value is -4.85. The number of anilines is 1. The van der Waals surface area contributed by atoms with E-state index in [0.717, 1.165) is 44.1 Å². The number of aryl methyl sites for hydroxylation is 2. The first-order valence-electron chi connectivity index (χ1n) is 16.4. The van der Waals surface area contributed by atoms with Crippen molar-refractivity contribution < 1.29 is 37.1 Å². The van der Waals surface area contributed by atoms with Crippen molar-refractivity contribution >= 4 is 50.1 Å². The van der Waals surface area contributed by atoms with Gasteiger partial charge in [0.15, 0.2) is 4.90 Å². The summed E-state index contributed by atoms with van der Waals surface area (Å²) in [5.74, 6) is 2.03. The summed E-state index contributed by atoms with van der Waals surface area (Å²) < 4.78 is 46.5. The molecule has 1 fully saturated rings. The molecule has 4 aromatic carbocycles. The Balaban J connectivity index is 1.36. The molecule has 0 atom stereocenters. The lowest BCUT2D eigenvalue weighted by Gasteiger charge is -2.31. The van der Waals surface area contributed by atoms with Crippen LogP contribution < -0.4 is 9.04 Å². The van der Waals surface area contributed by atoms with Gasteiger partial charge in [-0.2, -0.15) is 11.8 Å². The molecule has 0 spiro atoms. The lowest BCUT2D eigenvalue weighted by atomic mass is 9.94. The van der Waals surface area contributed by atoms with Crippen LogP contribution in [-0.4, -0.2) is 55.2 Å². The molecule has 0 radical (unpaired) electrons. The van der Waals surface area contributed by atoms with Crippen molar-refractivity contribution in [2.75, 3.05) is 29.5 Å². The SMILES string of the molecule is COC(=O)Cc1coc2cc(N(Cc3cccc(-c4c(C)cc(OCC5(O)CCSCC5)cc4C)c3)S(=O)(=O)c3ccccc3[N+](=O)[O-])ccc12. The molecule has 0 aliphatic carbocycles. The van der Waals surface area contributed by atoms with Gasteiger partial charge in [-0.05, 0) is 102 Å². The number of carbonyl (C=O) groups excluding carboxylic acids is 1. The number of hydrogen-bond donors (Lipinski definition) is 1. The monoisotopic (exact) mass is 730 g/mol. The minimum absolute atomic E-state index is 0.0265. The van der Waals surface area contributed by atoms with Gasteiger partial charge in [0.25, 0.3) is 15.7 Å². The summed E-state index contributed by atoms with van der Waals surface area (Å²) >= 11 is 1.83. The van der Waals surface area contributed by atoms with E-state index in [4.69, 9.17) is 13.9 Å². The highest BCUT2D eigenvalue weighted by molar-refractivity contribution is 7.99. The molecule has 51 heavy (non-hydrogen) atoms. The molecule has 0 bridgehead atoms. The molecule has 0 unspecified atom stereocenters. The number of methoxy groups -OCH3 is 1. The second-order valence-electron chi connectivity index (χ2n) is 12.7. The number of sulfonamides is 1. The Morgan fingerprint density at radius 2 is 1.75 bits per heavy atom. The lowest BCUT2D eigenvalue weighted by molar-refractivity contribution is -0.387. The van der Waals surface area contributed by atoms with E-state index in [1.54, 1.807) is 24.3 Å². The van der Waals surface area contributed by atoms with E-state index in [-0.39, 0.29) is 25.3 Å². The third-order valence-corrected chi connectivity index (χ3v) is 11.9. The van der Waals surface area contributed by atoms with Crippen molar-refractivity contribution in [3.8, 4) is 16.9 Å². The largest absolute Gasteiger partial charge is 0.491 e. The molecule has 1 aliphatic rings. The summed E-state index contributed by atoms with van der Waals surface area (Å²) in [5, 5.41) is 23.5. The Morgan fingerprint density at radius 1 is 1.02 bits per heavy atom. The highest BCUT2D eigenvalue weighted by Crippen LogP contribution is 2.36. The van der Waals surface area contributed by atoms with E-state index < -0.39 is 37.1 Å². The lowest BCUT2D eigenvalue weighted by Crippen LogP contribution is -2.39. The number of nitro benzene ring substituents is 1. The molecule has 266 valence electrons. The van der Waals surface area contributed by atoms with Crippen LogP contribution in [0.25, 0.3) is 22.1 Å². The van der Waals surface area contributed by atoms with Crippen LogP contribution in [0.1, 0.15) is 35.1 Å². The normalized spacial score (nSPS) is 14.3. The number of furan rings is 1. The van der Waals surface area contributed by atoms with Crippen LogP contribution in [0.2, 0.25) is 0 Å². The summed E-state index contributed by atoms with van der Waals surface area (Å²) in [6, 6.07) is 21.4. The Labute approximate surface area is 300 Å². The quantitative estimate of drug-likeness (QED) is 0.0783. The van der Waals surface area contributed by atoms with Gasteiger partial charge in [-0.1, -0.05) is 30.3 Å². The first kappa shape index (κ1) is 36.0. The van der Waals surface area contributed by atoms with Crippen LogP contribution in [0.15, 0.2) is 94.4 Å². The molecule has 1 N–H and O–H groups in total. The van der Waals surface area contributed by atoms with E-state index in [1.807, 2.05) is 55.9 Å². The summed E-state index contributed by atoms with van der Waals surface area (Å²) in [6.45, 7) is 4.03. The zero-order chi connectivity index (χ0) is 36.3. The van der Waals surface area contributed by atoms with Crippen molar-refractivity contribution in [2.24, 2.45) is 0 Å². The zero-order valence-electron chi connectivity index (χ0n) is 28.5. The molecule has 1 saturated heterocycles. The number of fused-ring (bicyclic) bond motifs is 1. The summed E-state index contributed by atoms with van der Waals surface area (Å²) in [5.41, 5.74) is 4.11. The van der Waals surface area contributed by atoms with E-state index in [2.05, 4.69) is 0 Å². The maximum absolute atomic E-state index is 14.4. The zero-order valence-corrected chi connectivity index (χ0v) is 30.1. The van der Waals surface area contributed by atoms with Gasteiger partial charge < -0.3 is 19.0 Å². The predicted molar refractivity (Wildman–Crippen MR) is 197 cm³/mol. The second-order valence-corrected chi connectivity index (χ2v) is 15.7. The highest BCUT2D eigenvalue weighted by atomic mass is 32.2. The minimum atomic E-state index is -4.50. The number of rotatable bonds is 12. The molecule has 0 saturated carbocycles. The summed E-state index contributed by atoms with van der Waals surface area (Å²) in [7, 11) is -3.20. The molecule has 6 rings (SSSR count). The average Bonchev–Trinajstić information content (AvgIpc) is 3.51. The van der Waals surface area contributed by atoms with Gasteiger partial charge in [0.05, 0.1) is 36.9 Å². The second kappa shape index (κ2) is 14.8. The van der Waals surface area contributed by atoms with Crippen LogP contribution in [0.3, 0.4) is 0 Å². The fourth-order valence-electron chi connectivity index (χ4n) is 6.42. The van der Waals surface area contributed by atoms with E-state index in [0.29, 0.717) is 40.7 Å². The Morgan fingerprint density at radius 3 is 2.45 bits per heavy atom. The first-order chi connectivity index (χ1) is 24.4. The van der Waals surface area contributed by atoms with Gasteiger partial charge in [-0.15, -0.1) is 0 Å². The number of ether oxygens (including phenoxy) is 2. The molecule has 2 heterocycles. The molecule has 5 aromatic rings. The van der Waals surface area contributed by atoms with Gasteiger partial charge in [0.1, 0.15) is 23.5 Å². The van der Waals surface area contributed by atoms with Crippen molar-refractivity contribution in [2.45, 2.75) is 50.2 Å².